The zero-order valence-corrected chi connectivity index (χ0v) is 17.8. The van der Waals surface area contributed by atoms with Gasteiger partial charge in [0.15, 0.2) is 6.61 Å². The molecule has 2 aromatic rings. The van der Waals surface area contributed by atoms with Crippen molar-refractivity contribution in [3.05, 3.63) is 64.0 Å². The number of benzene rings is 2. The van der Waals surface area contributed by atoms with Crippen LogP contribution in [0.5, 0.6) is 0 Å². The van der Waals surface area contributed by atoms with E-state index in [1.165, 1.54) is 30.3 Å². The van der Waals surface area contributed by atoms with Crippen molar-refractivity contribution in [2.24, 2.45) is 0 Å². The molecule has 1 aliphatic heterocycles. The first-order valence-electron chi connectivity index (χ1n) is 9.59. The predicted octanol–water partition coefficient (Wildman–Crippen LogP) is 2.38. The highest BCUT2D eigenvalue weighted by atomic mass is 32.2. The molecule has 12 heteroatoms. The Morgan fingerprint density at radius 2 is 2.00 bits per heavy atom. The first-order chi connectivity index (χ1) is 15.1. The van der Waals surface area contributed by atoms with Crippen molar-refractivity contribution in [3.63, 3.8) is 0 Å². The molecule has 2 aromatic carbocycles. The van der Waals surface area contributed by atoms with Gasteiger partial charge in [-0.15, -0.1) is 0 Å². The van der Waals surface area contributed by atoms with Crippen LogP contribution in [0.25, 0.3) is 0 Å². The lowest BCUT2D eigenvalue weighted by Crippen LogP contribution is -2.42. The van der Waals surface area contributed by atoms with Crippen molar-refractivity contribution in [2.75, 3.05) is 18.5 Å². The minimum atomic E-state index is -4.27. The smallest absolute Gasteiger partial charge is 0.324 e. The van der Waals surface area contributed by atoms with Crippen molar-refractivity contribution >= 4 is 33.3 Å². The maximum atomic E-state index is 14.0. The van der Waals surface area contributed by atoms with Gasteiger partial charge in [0.25, 0.3) is 11.6 Å². The molecule has 1 amide bonds. The van der Waals surface area contributed by atoms with Crippen LogP contribution in [0.15, 0.2) is 47.4 Å². The van der Waals surface area contributed by atoms with Crippen molar-refractivity contribution < 1.29 is 32.1 Å². The number of rotatable bonds is 7. The molecule has 0 radical (unpaired) electrons. The number of anilines is 1. The number of aryl methyl sites for hydroxylation is 1. The molecule has 1 heterocycles. The Labute approximate surface area is 183 Å². The van der Waals surface area contributed by atoms with Gasteiger partial charge in [-0.2, -0.15) is 4.31 Å². The fourth-order valence-electron chi connectivity index (χ4n) is 3.36. The Hall–Kier alpha value is -3.38. The summed E-state index contributed by atoms with van der Waals surface area (Å²) in [6.45, 7) is 0.842. The second-order valence-corrected chi connectivity index (χ2v) is 8.98. The normalized spacial score (nSPS) is 16.5. The quantitative estimate of drug-likeness (QED) is 0.377. The fourth-order valence-corrected chi connectivity index (χ4v) is 5.07. The molecule has 3 rings (SSSR count). The number of hydrogen-bond donors (Lipinski definition) is 1. The van der Waals surface area contributed by atoms with E-state index in [1.54, 1.807) is 6.92 Å². The first-order valence-corrected chi connectivity index (χ1v) is 11.0. The molecule has 0 bridgehead atoms. The molecule has 1 N–H and O–H groups in total. The van der Waals surface area contributed by atoms with Crippen molar-refractivity contribution in [2.45, 2.75) is 30.7 Å². The number of ether oxygens (including phenoxy) is 1. The monoisotopic (exact) mass is 465 g/mol. The van der Waals surface area contributed by atoms with Gasteiger partial charge in [0, 0.05) is 23.9 Å². The highest BCUT2D eigenvalue weighted by molar-refractivity contribution is 7.89. The van der Waals surface area contributed by atoms with Gasteiger partial charge in [0.2, 0.25) is 10.0 Å². The molecule has 1 fully saturated rings. The number of amides is 1. The van der Waals surface area contributed by atoms with E-state index in [-0.39, 0.29) is 24.3 Å². The summed E-state index contributed by atoms with van der Waals surface area (Å²) < 4.78 is 45.5. The summed E-state index contributed by atoms with van der Waals surface area (Å²) >= 11 is 0. The van der Waals surface area contributed by atoms with Crippen LogP contribution < -0.4 is 5.32 Å². The van der Waals surface area contributed by atoms with E-state index in [9.17, 15) is 32.5 Å². The molecule has 10 nitrogen and oxygen atoms in total. The third-order valence-electron chi connectivity index (χ3n) is 4.93. The van der Waals surface area contributed by atoms with E-state index >= 15 is 0 Å². The van der Waals surface area contributed by atoms with E-state index in [0.717, 1.165) is 16.4 Å². The van der Waals surface area contributed by atoms with E-state index in [1.807, 2.05) is 0 Å². The van der Waals surface area contributed by atoms with Gasteiger partial charge in [-0.3, -0.25) is 19.7 Å². The summed E-state index contributed by atoms with van der Waals surface area (Å²) in [5.74, 6) is -2.62. The van der Waals surface area contributed by atoms with Gasteiger partial charge >= 0.3 is 5.97 Å². The highest BCUT2D eigenvalue weighted by Gasteiger charge is 2.41. The van der Waals surface area contributed by atoms with Crippen LogP contribution in [0.1, 0.15) is 18.4 Å². The maximum Gasteiger partial charge on any atom is 0.324 e. The zero-order chi connectivity index (χ0) is 23.5. The summed E-state index contributed by atoms with van der Waals surface area (Å²) in [4.78, 5) is 34.4. The van der Waals surface area contributed by atoms with Gasteiger partial charge in [0.1, 0.15) is 16.8 Å². The van der Waals surface area contributed by atoms with Crippen LogP contribution in [-0.4, -0.2) is 48.7 Å². The predicted molar refractivity (Wildman–Crippen MR) is 111 cm³/mol. The SMILES string of the molecule is Cc1ccc(NC(=O)COC(=O)[C@H]2CCCN2S(=O)(=O)c2ccccc2F)cc1[N+](=O)[O-]. The summed E-state index contributed by atoms with van der Waals surface area (Å²) in [5, 5.41) is 13.4. The third kappa shape index (κ3) is 4.92. The summed E-state index contributed by atoms with van der Waals surface area (Å²) in [5.41, 5.74) is 0.379. The van der Waals surface area contributed by atoms with Gasteiger partial charge < -0.3 is 10.1 Å². The molecule has 1 atom stereocenters. The van der Waals surface area contributed by atoms with Crippen LogP contribution in [0.2, 0.25) is 0 Å². The highest BCUT2D eigenvalue weighted by Crippen LogP contribution is 2.28. The third-order valence-corrected chi connectivity index (χ3v) is 6.88. The average molecular weight is 465 g/mol. The molecule has 0 aromatic heterocycles. The number of nitro groups is 1. The fraction of sp³-hybridized carbons (Fsp3) is 0.300. The molecule has 0 aliphatic carbocycles. The van der Waals surface area contributed by atoms with Gasteiger partial charge in [-0.25, -0.2) is 12.8 Å². The molecule has 32 heavy (non-hydrogen) atoms. The van der Waals surface area contributed by atoms with Crippen LogP contribution in [-0.2, 0) is 24.3 Å². The molecule has 1 aliphatic rings. The van der Waals surface area contributed by atoms with Crippen molar-refractivity contribution in [1.82, 2.24) is 4.31 Å². The number of nitro benzene ring substituents is 1. The number of halogens is 1. The topological polar surface area (TPSA) is 136 Å². The van der Waals surface area contributed by atoms with E-state index in [2.05, 4.69) is 5.32 Å². The Kier molecular flexibility index (Phi) is 6.84. The number of nitrogens with one attached hydrogen (secondary N) is 1. The molecule has 0 spiro atoms. The lowest BCUT2D eigenvalue weighted by molar-refractivity contribution is -0.385. The number of nitrogens with zero attached hydrogens (tertiary/aromatic N) is 2. The number of carbonyl (C=O) groups excluding carboxylic acids is 2. The molecule has 170 valence electrons. The van der Waals surface area contributed by atoms with Crippen molar-refractivity contribution in [1.29, 1.82) is 0 Å². The Bertz CT molecular complexity index is 1170. The Balaban J connectivity index is 1.64. The maximum absolute atomic E-state index is 14.0. The van der Waals surface area contributed by atoms with Crippen LogP contribution in [0.3, 0.4) is 0 Å². The molecule has 1 saturated heterocycles. The molecular formula is C20H20FN3O7S. The van der Waals surface area contributed by atoms with E-state index in [0.29, 0.717) is 12.0 Å². The van der Waals surface area contributed by atoms with Crippen molar-refractivity contribution in [3.8, 4) is 0 Å². The number of carbonyl (C=O) groups is 2. The Morgan fingerprint density at radius 3 is 2.69 bits per heavy atom. The molecular weight excluding hydrogens is 445 g/mol. The van der Waals surface area contributed by atoms with Crippen LogP contribution in [0, 0.1) is 22.9 Å². The standard InChI is InChI=1S/C20H20FN3O7S/c1-13-8-9-14(11-17(13)24(27)28)22-19(25)12-31-20(26)16-6-4-10-23(16)32(29,30)18-7-3-2-5-15(18)21/h2-3,5,7-9,11,16H,4,6,10,12H2,1H3,(H,22,25)/t16-/m1/s1. The lowest BCUT2D eigenvalue weighted by Gasteiger charge is -2.22. The summed E-state index contributed by atoms with van der Waals surface area (Å²) in [6.07, 6.45) is 0.533. The first kappa shape index (κ1) is 23.3. The average Bonchev–Trinajstić information content (AvgIpc) is 3.24. The number of hydrogen-bond acceptors (Lipinski definition) is 7. The Morgan fingerprint density at radius 1 is 1.28 bits per heavy atom. The number of esters is 1. The second-order valence-electron chi connectivity index (χ2n) is 7.12. The van der Waals surface area contributed by atoms with E-state index in [4.69, 9.17) is 4.74 Å². The van der Waals surface area contributed by atoms with Gasteiger partial charge in [-0.1, -0.05) is 18.2 Å². The lowest BCUT2D eigenvalue weighted by atomic mass is 10.2. The largest absolute Gasteiger partial charge is 0.454 e. The van der Waals surface area contributed by atoms with Crippen LogP contribution >= 0.6 is 0 Å². The summed E-state index contributed by atoms with van der Waals surface area (Å²) in [6, 6.07) is 7.76. The summed E-state index contributed by atoms with van der Waals surface area (Å²) in [7, 11) is -4.27. The zero-order valence-electron chi connectivity index (χ0n) is 17.0. The molecule has 0 unspecified atom stereocenters. The minimum Gasteiger partial charge on any atom is -0.454 e. The van der Waals surface area contributed by atoms with E-state index < -0.39 is 50.2 Å². The minimum absolute atomic E-state index is 0.00959. The van der Waals surface area contributed by atoms with Gasteiger partial charge in [0.05, 0.1) is 4.92 Å². The molecule has 0 saturated carbocycles. The second kappa shape index (κ2) is 9.40. The number of sulfonamides is 1. The van der Waals surface area contributed by atoms with Crippen LogP contribution in [0.4, 0.5) is 15.8 Å². The van der Waals surface area contributed by atoms with Gasteiger partial charge in [-0.05, 0) is 38.0 Å².